The lowest BCUT2D eigenvalue weighted by atomic mass is 10.0. The van der Waals surface area contributed by atoms with Gasteiger partial charge in [0.15, 0.2) is 28.5 Å². The van der Waals surface area contributed by atoms with Gasteiger partial charge >= 0.3 is 6.08 Å². The molecule has 1 unspecified atom stereocenters. The minimum absolute atomic E-state index is 0.0702. The molecule has 174 valence electrons. The molecular weight excluding hydrogens is 427 g/mol. The summed E-state index contributed by atoms with van der Waals surface area (Å²) >= 11 is 0. The highest BCUT2D eigenvalue weighted by molar-refractivity contribution is 5.82. The summed E-state index contributed by atoms with van der Waals surface area (Å²) in [5, 5.41) is 13.9. The number of terminal acetylenes is 1. The number of nitrogen functional groups attached to an aromatic ring is 1. The van der Waals surface area contributed by atoms with Crippen LogP contribution in [0.5, 0.6) is 11.5 Å². The van der Waals surface area contributed by atoms with Crippen LogP contribution < -0.4 is 20.5 Å². The van der Waals surface area contributed by atoms with Crippen LogP contribution in [-0.4, -0.2) is 56.0 Å². The van der Waals surface area contributed by atoms with E-state index in [1.807, 2.05) is 26.8 Å². The van der Waals surface area contributed by atoms with Crippen LogP contribution in [0.4, 0.5) is 10.2 Å². The first-order valence-corrected chi connectivity index (χ1v) is 10.6. The lowest BCUT2D eigenvalue weighted by molar-refractivity contribution is 0.142. The predicted octanol–water partition coefficient (Wildman–Crippen LogP) is 1.64. The zero-order chi connectivity index (χ0) is 23.8. The molecule has 1 aliphatic rings. The molecule has 1 aromatic carbocycles. The van der Waals surface area contributed by atoms with E-state index in [-0.39, 0.29) is 35.5 Å². The van der Waals surface area contributed by atoms with Crippen molar-refractivity contribution in [1.29, 1.82) is 0 Å². The summed E-state index contributed by atoms with van der Waals surface area (Å²) in [7, 11) is 0. The van der Waals surface area contributed by atoms with Crippen molar-refractivity contribution in [3.05, 3.63) is 35.2 Å². The highest BCUT2D eigenvalue weighted by Gasteiger charge is 2.22. The molecule has 0 aliphatic carbocycles. The van der Waals surface area contributed by atoms with Gasteiger partial charge in [0.2, 0.25) is 0 Å². The Balaban J connectivity index is 1.74. The Bertz CT molecular complexity index is 1230. The van der Waals surface area contributed by atoms with E-state index in [4.69, 9.17) is 21.6 Å². The highest BCUT2D eigenvalue weighted by Crippen LogP contribution is 2.34. The number of nitrogens with one attached hydrogen (secondary N) is 1. The maximum Gasteiger partial charge on any atom is 0.312 e. The standard InChI is InChI=1S/C23H27FN6O3/c1-5-13-8-16-17(33-7-6-32-16)9-14(13)10-18-27-19-20(25)28-22(24)29-21(19)30(18)12-15(31)11-26-23(2,3)4/h1,8-9,15,26,31H,6-7,10-12H2,2-4H3,(H2,25,28,29). The molecule has 0 saturated carbocycles. The summed E-state index contributed by atoms with van der Waals surface area (Å²) < 4.78 is 27.0. The molecule has 10 heteroatoms. The van der Waals surface area contributed by atoms with E-state index < -0.39 is 12.2 Å². The van der Waals surface area contributed by atoms with Gasteiger partial charge in [-0.1, -0.05) is 5.92 Å². The van der Waals surface area contributed by atoms with Crippen LogP contribution in [-0.2, 0) is 13.0 Å². The molecule has 0 spiro atoms. The molecule has 4 N–H and O–H groups in total. The van der Waals surface area contributed by atoms with Crippen molar-refractivity contribution in [2.24, 2.45) is 0 Å². The van der Waals surface area contributed by atoms with Crippen LogP contribution in [0.15, 0.2) is 12.1 Å². The Labute approximate surface area is 191 Å². The SMILES string of the molecule is C#Cc1cc2c(cc1Cc1nc3c(N)nc(F)nc3n1CC(O)CNC(C)(C)C)OCCO2. The number of β-amino-alcohol motifs (C(OH)–C–C–N with tert-alkyl or cyclic N) is 1. The van der Waals surface area contributed by atoms with Crippen molar-refractivity contribution < 1.29 is 19.0 Å². The van der Waals surface area contributed by atoms with Crippen molar-refractivity contribution in [2.45, 2.75) is 45.4 Å². The first kappa shape index (κ1) is 22.8. The number of hydrogen-bond acceptors (Lipinski definition) is 8. The Morgan fingerprint density at radius 1 is 1.24 bits per heavy atom. The smallest absolute Gasteiger partial charge is 0.312 e. The molecule has 0 amide bonds. The summed E-state index contributed by atoms with van der Waals surface area (Å²) in [5.74, 6) is 4.30. The summed E-state index contributed by atoms with van der Waals surface area (Å²) in [6, 6.07) is 3.58. The van der Waals surface area contributed by atoms with Crippen LogP contribution >= 0.6 is 0 Å². The van der Waals surface area contributed by atoms with E-state index in [1.54, 1.807) is 10.6 Å². The summed E-state index contributed by atoms with van der Waals surface area (Å²) in [4.78, 5) is 12.1. The second kappa shape index (κ2) is 8.84. The number of aliphatic hydroxyl groups excluding tert-OH is 1. The number of aromatic nitrogens is 4. The monoisotopic (exact) mass is 454 g/mol. The molecule has 0 radical (unpaired) electrons. The van der Waals surface area contributed by atoms with E-state index >= 15 is 0 Å². The van der Waals surface area contributed by atoms with E-state index in [0.717, 1.165) is 5.56 Å². The third-order valence-corrected chi connectivity index (χ3v) is 5.21. The molecule has 1 atom stereocenters. The maximum absolute atomic E-state index is 14.0. The first-order valence-electron chi connectivity index (χ1n) is 10.6. The van der Waals surface area contributed by atoms with Crippen molar-refractivity contribution in [1.82, 2.24) is 24.8 Å². The number of hydrogen-bond donors (Lipinski definition) is 3. The summed E-state index contributed by atoms with van der Waals surface area (Å²) in [6.07, 6.45) is 4.28. The van der Waals surface area contributed by atoms with Crippen molar-refractivity contribution >= 4 is 17.0 Å². The number of fused-ring (bicyclic) bond motifs is 2. The van der Waals surface area contributed by atoms with Crippen LogP contribution in [0.1, 0.15) is 37.7 Å². The Morgan fingerprint density at radius 3 is 2.61 bits per heavy atom. The van der Waals surface area contributed by atoms with Gasteiger partial charge in [0.25, 0.3) is 0 Å². The average Bonchev–Trinajstić information content (AvgIpc) is 3.08. The lowest BCUT2D eigenvalue weighted by Crippen LogP contribution is -2.42. The maximum atomic E-state index is 14.0. The fourth-order valence-corrected chi connectivity index (χ4v) is 3.65. The molecule has 33 heavy (non-hydrogen) atoms. The number of benzene rings is 1. The number of ether oxygens (including phenoxy) is 2. The van der Waals surface area contributed by atoms with Crippen LogP contribution in [0.3, 0.4) is 0 Å². The van der Waals surface area contributed by atoms with Gasteiger partial charge < -0.3 is 30.2 Å². The second-order valence-electron chi connectivity index (χ2n) is 8.95. The molecule has 0 bridgehead atoms. The van der Waals surface area contributed by atoms with E-state index in [1.165, 1.54) is 0 Å². The average molecular weight is 455 g/mol. The molecule has 3 heterocycles. The molecule has 0 fully saturated rings. The van der Waals surface area contributed by atoms with Crippen LogP contribution in [0.2, 0.25) is 0 Å². The van der Waals surface area contributed by atoms with E-state index in [0.29, 0.717) is 42.6 Å². The number of anilines is 1. The topological polar surface area (TPSA) is 120 Å². The third kappa shape index (κ3) is 4.99. The van der Waals surface area contributed by atoms with E-state index in [2.05, 4.69) is 26.2 Å². The second-order valence-corrected chi connectivity index (χ2v) is 8.95. The molecule has 3 aromatic rings. The molecule has 1 aliphatic heterocycles. The van der Waals surface area contributed by atoms with Gasteiger partial charge in [-0.15, -0.1) is 6.42 Å². The zero-order valence-electron chi connectivity index (χ0n) is 18.9. The normalized spacial score (nSPS) is 14.3. The predicted molar refractivity (Wildman–Crippen MR) is 122 cm³/mol. The van der Waals surface area contributed by atoms with Crippen molar-refractivity contribution in [2.75, 3.05) is 25.5 Å². The third-order valence-electron chi connectivity index (χ3n) is 5.21. The minimum Gasteiger partial charge on any atom is -0.486 e. The molecule has 9 nitrogen and oxygen atoms in total. The molecule has 0 saturated heterocycles. The fraction of sp³-hybridized carbons (Fsp3) is 0.435. The van der Waals surface area contributed by atoms with Gasteiger partial charge in [-0.3, -0.25) is 0 Å². The Morgan fingerprint density at radius 2 is 1.94 bits per heavy atom. The largest absolute Gasteiger partial charge is 0.486 e. The van der Waals surface area contributed by atoms with Gasteiger partial charge in [0, 0.05) is 24.1 Å². The number of nitrogens with zero attached hydrogens (tertiary/aromatic N) is 4. The molecule has 4 rings (SSSR count). The van der Waals surface area contributed by atoms with Gasteiger partial charge in [0.1, 0.15) is 19.0 Å². The minimum atomic E-state index is -0.960. The summed E-state index contributed by atoms with van der Waals surface area (Å²) in [5.41, 5.74) is 7.61. The fourth-order valence-electron chi connectivity index (χ4n) is 3.65. The van der Waals surface area contributed by atoms with Gasteiger partial charge in [-0.2, -0.15) is 14.4 Å². The van der Waals surface area contributed by atoms with Gasteiger partial charge in [-0.05, 0) is 38.5 Å². The highest BCUT2D eigenvalue weighted by atomic mass is 19.1. The van der Waals surface area contributed by atoms with Gasteiger partial charge in [-0.25, -0.2) is 4.98 Å². The van der Waals surface area contributed by atoms with Gasteiger partial charge in [0.05, 0.1) is 12.6 Å². The first-order chi connectivity index (χ1) is 15.6. The number of rotatable bonds is 6. The van der Waals surface area contributed by atoms with Crippen LogP contribution in [0, 0.1) is 18.4 Å². The number of halogens is 1. The number of nitrogens with two attached hydrogens (primary N) is 1. The molecular formula is C23H27FN6O3. The Kier molecular flexibility index (Phi) is 6.10. The number of imidazole rings is 1. The van der Waals surface area contributed by atoms with Crippen molar-refractivity contribution in [3.8, 4) is 23.8 Å². The Hall–Kier alpha value is -3.42. The summed E-state index contributed by atoms with van der Waals surface area (Å²) in [6.45, 7) is 7.36. The van der Waals surface area contributed by atoms with Crippen LogP contribution in [0.25, 0.3) is 11.2 Å². The molecule has 2 aromatic heterocycles. The van der Waals surface area contributed by atoms with E-state index in [9.17, 15) is 9.50 Å². The number of aliphatic hydroxyl groups is 1. The lowest BCUT2D eigenvalue weighted by Gasteiger charge is -2.23. The van der Waals surface area contributed by atoms with Crippen molar-refractivity contribution in [3.63, 3.8) is 0 Å². The quantitative estimate of drug-likeness (QED) is 0.380. The zero-order valence-corrected chi connectivity index (χ0v) is 18.9.